The molecule has 6 nitrogen and oxygen atoms in total. The van der Waals surface area contributed by atoms with Crippen LogP contribution in [0.1, 0.15) is 0 Å². The normalized spacial score (nSPS) is 9.88. The predicted molar refractivity (Wildman–Crippen MR) is 53.9 cm³/mol. The van der Waals surface area contributed by atoms with Crippen molar-refractivity contribution in [1.82, 2.24) is 20.4 Å². The molecule has 1 aromatic heterocycles. The van der Waals surface area contributed by atoms with Gasteiger partial charge in [0.15, 0.2) is 0 Å². The highest BCUT2D eigenvalue weighted by Crippen LogP contribution is 2.12. The Hall–Kier alpha value is -2.31. The maximum Gasteiger partial charge on any atom is 0.354 e. The zero-order chi connectivity index (χ0) is 11.4. The summed E-state index contributed by atoms with van der Waals surface area (Å²) in [6.07, 6.45) is 0. The first-order chi connectivity index (χ1) is 7.78. The van der Waals surface area contributed by atoms with E-state index in [0.29, 0.717) is 5.69 Å². The maximum atomic E-state index is 12.6. The molecular weight excluding hydrogens is 213 g/mol. The Kier molecular flexibility index (Phi) is 2.86. The minimum atomic E-state index is -0.308. The number of hydrogen-bond donors (Lipinski definition) is 1. The van der Waals surface area contributed by atoms with Crippen LogP contribution in [0.15, 0.2) is 24.3 Å². The third kappa shape index (κ3) is 2.38. The number of nitrogens with one attached hydrogen (secondary N) is 1. The summed E-state index contributed by atoms with van der Waals surface area (Å²) in [5, 5.41) is 17.5. The topological polar surface area (TPSA) is 72.8 Å². The maximum absolute atomic E-state index is 12.6. The van der Waals surface area contributed by atoms with Crippen molar-refractivity contribution in [2.24, 2.45) is 0 Å². The Labute approximate surface area is 90.5 Å². The van der Waals surface area contributed by atoms with E-state index in [-0.39, 0.29) is 17.8 Å². The summed E-state index contributed by atoms with van der Waals surface area (Å²) in [5.41, 5.74) is 0.648. The van der Waals surface area contributed by atoms with Crippen molar-refractivity contribution in [3.8, 4) is 6.01 Å². The highest BCUT2D eigenvalue weighted by Gasteiger charge is 2.01. The van der Waals surface area contributed by atoms with E-state index in [4.69, 9.17) is 4.74 Å². The number of rotatable bonds is 3. The highest BCUT2D eigenvalue weighted by molar-refractivity contribution is 5.51. The Bertz CT molecular complexity index is 458. The summed E-state index contributed by atoms with van der Waals surface area (Å²) < 4.78 is 17.3. The first-order valence-corrected chi connectivity index (χ1v) is 4.42. The largest absolute Gasteiger partial charge is 0.465 e. The van der Waals surface area contributed by atoms with Crippen molar-refractivity contribution >= 4 is 11.6 Å². The van der Waals surface area contributed by atoms with Gasteiger partial charge in [-0.25, -0.2) is 4.39 Å². The van der Waals surface area contributed by atoms with E-state index in [2.05, 4.69) is 25.7 Å². The molecule has 0 aliphatic heterocycles. The van der Waals surface area contributed by atoms with Gasteiger partial charge in [-0.2, -0.15) is 0 Å². The van der Waals surface area contributed by atoms with E-state index in [0.717, 1.165) is 0 Å². The Morgan fingerprint density at radius 2 is 1.69 bits per heavy atom. The summed E-state index contributed by atoms with van der Waals surface area (Å²) in [6, 6.07) is 5.86. The Balaban J connectivity index is 2.11. The van der Waals surface area contributed by atoms with Crippen LogP contribution in [-0.4, -0.2) is 27.5 Å². The average molecular weight is 221 g/mol. The fourth-order valence-electron chi connectivity index (χ4n) is 1.01. The minimum absolute atomic E-state index is 0.0876. The first kappa shape index (κ1) is 10.2. The number of methoxy groups -OCH3 is 1. The molecule has 1 aromatic carbocycles. The zero-order valence-electron chi connectivity index (χ0n) is 8.38. The number of hydrogen-bond acceptors (Lipinski definition) is 6. The monoisotopic (exact) mass is 221 g/mol. The summed E-state index contributed by atoms with van der Waals surface area (Å²) in [7, 11) is 1.42. The van der Waals surface area contributed by atoms with Gasteiger partial charge < -0.3 is 10.1 Å². The summed E-state index contributed by atoms with van der Waals surface area (Å²) in [5.74, 6) is -0.0927. The Morgan fingerprint density at radius 1 is 1.06 bits per heavy atom. The molecule has 0 radical (unpaired) electrons. The van der Waals surface area contributed by atoms with E-state index in [1.54, 1.807) is 12.1 Å². The molecule has 0 aliphatic carbocycles. The fourth-order valence-corrected chi connectivity index (χ4v) is 1.01. The standard InChI is InChI=1S/C9H8FN5O/c1-16-9-14-12-8(13-15-9)11-7-4-2-6(10)3-5-7/h2-5H,1H3,(H,11,12,13). The van der Waals surface area contributed by atoms with Gasteiger partial charge in [0.1, 0.15) is 5.82 Å². The SMILES string of the molecule is COc1nnc(Nc2ccc(F)cc2)nn1. The molecule has 0 atom stereocenters. The molecule has 1 heterocycles. The molecule has 0 aliphatic rings. The number of aromatic nitrogens is 4. The van der Waals surface area contributed by atoms with Crippen molar-refractivity contribution in [2.45, 2.75) is 0 Å². The molecular formula is C9H8FN5O. The molecule has 0 amide bonds. The van der Waals surface area contributed by atoms with Crippen LogP contribution >= 0.6 is 0 Å². The number of anilines is 2. The Morgan fingerprint density at radius 3 is 2.25 bits per heavy atom. The smallest absolute Gasteiger partial charge is 0.354 e. The first-order valence-electron chi connectivity index (χ1n) is 4.42. The predicted octanol–water partition coefficient (Wildman–Crippen LogP) is 1.16. The van der Waals surface area contributed by atoms with E-state index in [1.165, 1.54) is 19.2 Å². The van der Waals surface area contributed by atoms with E-state index < -0.39 is 0 Å². The molecule has 2 aromatic rings. The second kappa shape index (κ2) is 4.47. The minimum Gasteiger partial charge on any atom is -0.465 e. The van der Waals surface area contributed by atoms with E-state index in [1.807, 2.05) is 0 Å². The van der Waals surface area contributed by atoms with Crippen LogP contribution in [0.5, 0.6) is 6.01 Å². The quantitative estimate of drug-likeness (QED) is 0.838. The van der Waals surface area contributed by atoms with Crippen LogP contribution < -0.4 is 10.1 Å². The number of benzene rings is 1. The van der Waals surface area contributed by atoms with Gasteiger partial charge in [-0.1, -0.05) is 10.2 Å². The highest BCUT2D eigenvalue weighted by atomic mass is 19.1. The summed E-state index contributed by atoms with van der Waals surface area (Å²) >= 11 is 0. The van der Waals surface area contributed by atoms with Gasteiger partial charge in [-0.05, 0) is 24.3 Å². The van der Waals surface area contributed by atoms with Gasteiger partial charge in [0, 0.05) is 5.69 Å². The van der Waals surface area contributed by atoms with Gasteiger partial charge in [0.2, 0.25) is 0 Å². The number of ether oxygens (including phenoxy) is 1. The molecule has 16 heavy (non-hydrogen) atoms. The van der Waals surface area contributed by atoms with Gasteiger partial charge in [0.25, 0.3) is 5.95 Å². The van der Waals surface area contributed by atoms with E-state index >= 15 is 0 Å². The van der Waals surface area contributed by atoms with E-state index in [9.17, 15) is 4.39 Å². The third-order valence-electron chi connectivity index (χ3n) is 1.74. The molecule has 7 heteroatoms. The molecule has 0 unspecified atom stereocenters. The third-order valence-corrected chi connectivity index (χ3v) is 1.74. The lowest BCUT2D eigenvalue weighted by Crippen LogP contribution is -2.03. The van der Waals surface area contributed by atoms with Gasteiger partial charge in [-0.15, -0.1) is 10.2 Å². The second-order valence-corrected chi connectivity index (χ2v) is 2.84. The molecule has 82 valence electrons. The van der Waals surface area contributed by atoms with Crippen molar-refractivity contribution in [2.75, 3.05) is 12.4 Å². The lowest BCUT2D eigenvalue weighted by atomic mass is 10.3. The molecule has 1 N–H and O–H groups in total. The molecule has 0 fully saturated rings. The van der Waals surface area contributed by atoms with Gasteiger partial charge in [0.05, 0.1) is 7.11 Å². The van der Waals surface area contributed by atoms with Crippen LogP contribution in [0, 0.1) is 5.82 Å². The number of halogens is 1. The summed E-state index contributed by atoms with van der Waals surface area (Å²) in [4.78, 5) is 0. The van der Waals surface area contributed by atoms with Crippen LogP contribution in [-0.2, 0) is 0 Å². The average Bonchev–Trinajstić information content (AvgIpc) is 2.33. The summed E-state index contributed by atoms with van der Waals surface area (Å²) in [6.45, 7) is 0. The van der Waals surface area contributed by atoms with Crippen LogP contribution in [0.2, 0.25) is 0 Å². The fraction of sp³-hybridized carbons (Fsp3) is 0.111. The molecule has 0 saturated heterocycles. The number of nitrogens with zero attached hydrogens (tertiary/aromatic N) is 4. The van der Waals surface area contributed by atoms with Crippen molar-refractivity contribution < 1.29 is 9.13 Å². The lowest BCUT2D eigenvalue weighted by Gasteiger charge is -2.02. The second-order valence-electron chi connectivity index (χ2n) is 2.84. The van der Waals surface area contributed by atoms with Crippen molar-refractivity contribution in [3.05, 3.63) is 30.1 Å². The molecule has 0 saturated carbocycles. The van der Waals surface area contributed by atoms with Crippen molar-refractivity contribution in [1.29, 1.82) is 0 Å². The van der Waals surface area contributed by atoms with Crippen LogP contribution in [0.4, 0.5) is 16.0 Å². The van der Waals surface area contributed by atoms with Crippen LogP contribution in [0.25, 0.3) is 0 Å². The lowest BCUT2D eigenvalue weighted by molar-refractivity contribution is 0.366. The van der Waals surface area contributed by atoms with Gasteiger partial charge in [-0.3, -0.25) is 0 Å². The zero-order valence-corrected chi connectivity index (χ0v) is 8.38. The molecule has 0 bridgehead atoms. The van der Waals surface area contributed by atoms with Crippen molar-refractivity contribution in [3.63, 3.8) is 0 Å². The molecule has 0 spiro atoms. The molecule has 2 rings (SSSR count). The van der Waals surface area contributed by atoms with Crippen LogP contribution in [0.3, 0.4) is 0 Å². The van der Waals surface area contributed by atoms with Gasteiger partial charge >= 0.3 is 6.01 Å².